The lowest BCUT2D eigenvalue weighted by molar-refractivity contribution is -0.150. The third-order valence-corrected chi connectivity index (χ3v) is 4.62. The first-order valence-corrected chi connectivity index (χ1v) is 7.34. The van der Waals surface area contributed by atoms with Crippen LogP contribution in [0.2, 0.25) is 0 Å². The molecule has 3 heteroatoms. The van der Waals surface area contributed by atoms with Crippen molar-refractivity contribution in [2.24, 2.45) is 11.3 Å². The maximum absolute atomic E-state index is 11.8. The minimum Gasteiger partial charge on any atom is -0.480 e. The summed E-state index contributed by atoms with van der Waals surface area (Å²) in [7, 11) is 0. The normalized spacial score (nSPS) is 36.7. The molecule has 0 heterocycles. The first-order chi connectivity index (χ1) is 8.33. The minimum absolute atomic E-state index is 0.127. The molecule has 2 fully saturated rings. The van der Waals surface area contributed by atoms with Crippen molar-refractivity contribution >= 4 is 5.97 Å². The van der Waals surface area contributed by atoms with E-state index in [1.54, 1.807) is 0 Å². The van der Waals surface area contributed by atoms with Gasteiger partial charge in [-0.2, -0.15) is 0 Å². The lowest BCUT2D eigenvalue weighted by atomic mass is 9.64. The number of carboxylic acids is 1. The molecule has 2 rings (SSSR count). The van der Waals surface area contributed by atoms with Crippen molar-refractivity contribution in [2.45, 2.75) is 77.3 Å². The lowest BCUT2D eigenvalue weighted by Gasteiger charge is -2.46. The van der Waals surface area contributed by atoms with Gasteiger partial charge in [0.15, 0.2) is 0 Å². The molecular formula is C15H27NO2. The number of hydrogen-bond donors (Lipinski definition) is 2. The van der Waals surface area contributed by atoms with E-state index in [0.717, 1.165) is 32.1 Å². The van der Waals surface area contributed by atoms with Gasteiger partial charge in [0.05, 0.1) is 0 Å². The van der Waals surface area contributed by atoms with Crippen molar-refractivity contribution in [3.05, 3.63) is 0 Å². The Kier molecular flexibility index (Phi) is 3.72. The zero-order valence-electron chi connectivity index (χ0n) is 12.0. The van der Waals surface area contributed by atoms with Gasteiger partial charge >= 0.3 is 5.97 Å². The minimum atomic E-state index is -0.684. The van der Waals surface area contributed by atoms with Gasteiger partial charge < -0.3 is 5.11 Å². The van der Waals surface area contributed by atoms with Gasteiger partial charge in [-0.25, -0.2) is 0 Å². The van der Waals surface area contributed by atoms with Gasteiger partial charge in [-0.05, 0) is 43.4 Å². The Morgan fingerprint density at radius 1 is 1.22 bits per heavy atom. The molecular weight excluding hydrogens is 226 g/mol. The Balaban J connectivity index is 2.17. The van der Waals surface area contributed by atoms with Gasteiger partial charge in [-0.1, -0.05) is 33.6 Å². The summed E-state index contributed by atoms with van der Waals surface area (Å²) < 4.78 is 0. The molecule has 2 aliphatic carbocycles. The van der Waals surface area contributed by atoms with Crippen LogP contribution in [-0.2, 0) is 4.79 Å². The zero-order chi connectivity index (χ0) is 13.4. The predicted octanol–water partition coefficient (Wildman–Crippen LogP) is 3.19. The molecule has 0 aromatic heterocycles. The van der Waals surface area contributed by atoms with E-state index in [4.69, 9.17) is 0 Å². The molecule has 0 bridgehead atoms. The maximum Gasteiger partial charge on any atom is 0.323 e. The van der Waals surface area contributed by atoms with Crippen LogP contribution in [0.1, 0.15) is 65.7 Å². The van der Waals surface area contributed by atoms with Crippen LogP contribution in [0.15, 0.2) is 0 Å². The number of hydrogen-bond acceptors (Lipinski definition) is 2. The molecule has 2 N–H and O–H groups in total. The standard InChI is InChI=1S/C15H27NO2/c1-11-8-14(2,3)10-15(9-11,13(17)18)16-12-6-4-5-7-12/h11-12,16H,4-10H2,1-3H3,(H,17,18). The van der Waals surface area contributed by atoms with E-state index in [2.05, 4.69) is 26.1 Å². The average Bonchev–Trinajstić information content (AvgIpc) is 2.66. The number of carbonyl (C=O) groups is 1. The van der Waals surface area contributed by atoms with Crippen molar-refractivity contribution in [3.63, 3.8) is 0 Å². The van der Waals surface area contributed by atoms with Crippen molar-refractivity contribution in [1.82, 2.24) is 5.32 Å². The van der Waals surface area contributed by atoms with E-state index < -0.39 is 11.5 Å². The quantitative estimate of drug-likeness (QED) is 0.812. The van der Waals surface area contributed by atoms with Gasteiger partial charge in [-0.3, -0.25) is 10.1 Å². The molecule has 3 nitrogen and oxygen atoms in total. The number of nitrogens with one attached hydrogen (secondary N) is 1. The van der Waals surface area contributed by atoms with E-state index in [1.807, 2.05) is 0 Å². The number of carboxylic acid groups (broad SMARTS) is 1. The van der Waals surface area contributed by atoms with Gasteiger partial charge in [0.25, 0.3) is 0 Å². The van der Waals surface area contributed by atoms with E-state index in [-0.39, 0.29) is 5.41 Å². The third kappa shape index (κ3) is 2.87. The van der Waals surface area contributed by atoms with Crippen LogP contribution in [0.4, 0.5) is 0 Å². The Labute approximate surface area is 110 Å². The SMILES string of the molecule is CC1CC(C)(C)CC(NC2CCCC2)(C(=O)O)C1. The first kappa shape index (κ1) is 13.9. The van der Waals surface area contributed by atoms with Crippen LogP contribution in [-0.4, -0.2) is 22.7 Å². The molecule has 2 saturated carbocycles. The Hall–Kier alpha value is -0.570. The molecule has 0 aromatic rings. The second-order valence-corrected chi connectivity index (χ2v) is 7.37. The summed E-state index contributed by atoms with van der Waals surface area (Å²) in [5.41, 5.74) is -0.558. The summed E-state index contributed by atoms with van der Waals surface area (Å²) >= 11 is 0. The van der Waals surface area contributed by atoms with E-state index in [1.165, 1.54) is 12.8 Å². The van der Waals surface area contributed by atoms with Gasteiger partial charge in [0.1, 0.15) is 5.54 Å². The highest BCUT2D eigenvalue weighted by Gasteiger charge is 2.49. The van der Waals surface area contributed by atoms with Crippen molar-refractivity contribution in [1.29, 1.82) is 0 Å². The molecule has 0 aromatic carbocycles. The summed E-state index contributed by atoms with van der Waals surface area (Å²) in [6.07, 6.45) is 7.44. The van der Waals surface area contributed by atoms with Gasteiger partial charge in [-0.15, -0.1) is 0 Å². The highest BCUT2D eigenvalue weighted by Crippen LogP contribution is 2.44. The molecule has 2 unspecified atom stereocenters. The Bertz CT molecular complexity index is 320. The molecule has 104 valence electrons. The lowest BCUT2D eigenvalue weighted by Crippen LogP contribution is -2.60. The molecule has 0 amide bonds. The molecule has 0 saturated heterocycles. The van der Waals surface area contributed by atoms with Crippen molar-refractivity contribution < 1.29 is 9.90 Å². The molecule has 0 aliphatic heterocycles. The van der Waals surface area contributed by atoms with Crippen LogP contribution >= 0.6 is 0 Å². The Morgan fingerprint density at radius 3 is 2.33 bits per heavy atom. The second kappa shape index (κ2) is 4.84. The van der Waals surface area contributed by atoms with E-state index in [9.17, 15) is 9.90 Å². The fourth-order valence-corrected chi connectivity index (χ4v) is 4.37. The number of aliphatic carboxylic acids is 1. The number of rotatable bonds is 3. The van der Waals surface area contributed by atoms with Crippen LogP contribution in [0.3, 0.4) is 0 Å². The molecule has 2 aliphatic rings. The predicted molar refractivity (Wildman–Crippen MR) is 72.6 cm³/mol. The molecule has 0 radical (unpaired) electrons. The van der Waals surface area contributed by atoms with Crippen molar-refractivity contribution in [2.75, 3.05) is 0 Å². The largest absolute Gasteiger partial charge is 0.480 e. The average molecular weight is 253 g/mol. The van der Waals surface area contributed by atoms with Crippen LogP contribution in [0.5, 0.6) is 0 Å². The summed E-state index contributed by atoms with van der Waals surface area (Å²) in [6.45, 7) is 6.60. The fourth-order valence-electron chi connectivity index (χ4n) is 4.37. The summed E-state index contributed by atoms with van der Waals surface area (Å²) in [6, 6.07) is 0.419. The zero-order valence-corrected chi connectivity index (χ0v) is 12.0. The third-order valence-electron chi connectivity index (χ3n) is 4.62. The van der Waals surface area contributed by atoms with Crippen LogP contribution in [0, 0.1) is 11.3 Å². The first-order valence-electron chi connectivity index (χ1n) is 7.34. The fraction of sp³-hybridized carbons (Fsp3) is 0.933. The van der Waals surface area contributed by atoms with Crippen LogP contribution < -0.4 is 5.32 Å². The summed E-state index contributed by atoms with van der Waals surface area (Å²) in [5.74, 6) is -0.159. The topological polar surface area (TPSA) is 49.3 Å². The summed E-state index contributed by atoms with van der Waals surface area (Å²) in [5, 5.41) is 13.3. The highest BCUT2D eigenvalue weighted by atomic mass is 16.4. The van der Waals surface area contributed by atoms with Gasteiger partial charge in [0, 0.05) is 6.04 Å². The molecule has 0 spiro atoms. The smallest absolute Gasteiger partial charge is 0.323 e. The monoisotopic (exact) mass is 253 g/mol. The van der Waals surface area contributed by atoms with E-state index >= 15 is 0 Å². The highest BCUT2D eigenvalue weighted by molar-refractivity contribution is 5.79. The van der Waals surface area contributed by atoms with Crippen molar-refractivity contribution in [3.8, 4) is 0 Å². The van der Waals surface area contributed by atoms with E-state index in [0.29, 0.717) is 12.0 Å². The van der Waals surface area contributed by atoms with Gasteiger partial charge in [0.2, 0.25) is 0 Å². The molecule has 2 atom stereocenters. The molecule has 18 heavy (non-hydrogen) atoms. The second-order valence-electron chi connectivity index (χ2n) is 7.37. The summed E-state index contributed by atoms with van der Waals surface area (Å²) in [4.78, 5) is 11.8. The van der Waals surface area contributed by atoms with Crippen LogP contribution in [0.25, 0.3) is 0 Å². The maximum atomic E-state index is 11.8. The Morgan fingerprint density at radius 2 is 1.83 bits per heavy atom.